The summed E-state index contributed by atoms with van der Waals surface area (Å²) < 4.78 is 16.0. The number of carbonyl (C=O) groups excluding carboxylic acids is 3. The summed E-state index contributed by atoms with van der Waals surface area (Å²) in [7, 11) is 0. The third kappa shape index (κ3) is 7.01. The SMILES string of the molecule is C[C@@H](OC(=O)CSc1ccc2c(c1)OCCO2)C(=O)NC(=O)NC(C)(C)C. The number of rotatable bonds is 5. The maximum absolute atomic E-state index is 12.0. The van der Waals surface area contributed by atoms with Crippen molar-refractivity contribution in [1.82, 2.24) is 10.6 Å². The van der Waals surface area contributed by atoms with Gasteiger partial charge in [-0.2, -0.15) is 0 Å². The molecule has 1 aromatic carbocycles. The van der Waals surface area contributed by atoms with Gasteiger partial charge in [-0.1, -0.05) is 0 Å². The van der Waals surface area contributed by atoms with Crippen LogP contribution in [0.1, 0.15) is 27.7 Å². The number of esters is 1. The average Bonchev–Trinajstić information content (AvgIpc) is 2.58. The number of carbonyl (C=O) groups is 3. The molecule has 0 saturated carbocycles. The normalized spacial score (nSPS) is 14.1. The highest BCUT2D eigenvalue weighted by atomic mass is 32.2. The lowest BCUT2D eigenvalue weighted by molar-refractivity contribution is -0.151. The van der Waals surface area contributed by atoms with E-state index >= 15 is 0 Å². The number of fused-ring (bicyclic) bond motifs is 1. The molecule has 27 heavy (non-hydrogen) atoms. The van der Waals surface area contributed by atoms with Crippen LogP contribution in [0, 0.1) is 0 Å². The Morgan fingerprint density at radius 1 is 1.19 bits per heavy atom. The molecule has 8 nitrogen and oxygen atoms in total. The standard InChI is InChI=1S/C18H24N2O6S/c1-11(16(22)19-17(23)20-18(2,3)4)26-15(21)10-27-12-5-6-13-14(9-12)25-8-7-24-13/h5-6,9,11H,7-8,10H2,1-4H3,(H2,19,20,22,23)/t11-/m1/s1. The van der Waals surface area contributed by atoms with E-state index in [0.29, 0.717) is 24.7 Å². The molecule has 1 aliphatic rings. The van der Waals surface area contributed by atoms with E-state index < -0.39 is 29.6 Å². The van der Waals surface area contributed by atoms with Crippen molar-refractivity contribution >= 4 is 29.7 Å². The number of benzene rings is 1. The molecule has 1 aromatic rings. The molecule has 1 aliphatic heterocycles. The monoisotopic (exact) mass is 396 g/mol. The molecule has 1 heterocycles. The maximum atomic E-state index is 12.0. The quantitative estimate of drug-likeness (QED) is 0.580. The van der Waals surface area contributed by atoms with Gasteiger partial charge in [-0.15, -0.1) is 11.8 Å². The molecule has 1 atom stereocenters. The van der Waals surface area contributed by atoms with Gasteiger partial charge in [0.2, 0.25) is 0 Å². The van der Waals surface area contributed by atoms with Crippen molar-refractivity contribution < 1.29 is 28.6 Å². The second kappa shape index (κ2) is 8.98. The van der Waals surface area contributed by atoms with Crippen molar-refractivity contribution in [2.45, 2.75) is 44.2 Å². The Balaban J connectivity index is 1.77. The summed E-state index contributed by atoms with van der Waals surface area (Å²) in [5.74, 6) is 0.0817. The van der Waals surface area contributed by atoms with E-state index in [1.54, 1.807) is 32.9 Å². The lowest BCUT2D eigenvalue weighted by Gasteiger charge is -2.21. The Labute approximate surface area is 162 Å². The predicted molar refractivity (Wildman–Crippen MR) is 100 cm³/mol. The van der Waals surface area contributed by atoms with E-state index in [1.807, 2.05) is 6.07 Å². The highest BCUT2D eigenvalue weighted by Gasteiger charge is 2.22. The van der Waals surface area contributed by atoms with Crippen LogP contribution in [0.5, 0.6) is 11.5 Å². The second-order valence-electron chi connectivity index (χ2n) is 6.92. The average molecular weight is 396 g/mol. The lowest BCUT2D eigenvalue weighted by Crippen LogP contribution is -2.50. The van der Waals surface area contributed by atoms with Crippen molar-refractivity contribution in [2.24, 2.45) is 0 Å². The van der Waals surface area contributed by atoms with Crippen LogP contribution in [0.3, 0.4) is 0 Å². The van der Waals surface area contributed by atoms with Crippen molar-refractivity contribution in [3.63, 3.8) is 0 Å². The molecule has 0 bridgehead atoms. The van der Waals surface area contributed by atoms with E-state index in [0.717, 1.165) is 4.90 Å². The van der Waals surface area contributed by atoms with E-state index in [-0.39, 0.29) is 5.75 Å². The summed E-state index contributed by atoms with van der Waals surface area (Å²) in [6.45, 7) is 7.77. The largest absolute Gasteiger partial charge is 0.486 e. The van der Waals surface area contributed by atoms with Crippen LogP contribution < -0.4 is 20.1 Å². The van der Waals surface area contributed by atoms with Crippen LogP contribution >= 0.6 is 11.8 Å². The highest BCUT2D eigenvalue weighted by molar-refractivity contribution is 8.00. The molecule has 0 aromatic heterocycles. The van der Waals surface area contributed by atoms with Gasteiger partial charge in [0, 0.05) is 10.4 Å². The molecule has 0 spiro atoms. The number of nitrogens with one attached hydrogen (secondary N) is 2. The minimum Gasteiger partial charge on any atom is -0.486 e. The van der Waals surface area contributed by atoms with Gasteiger partial charge in [0.25, 0.3) is 5.91 Å². The first-order valence-electron chi connectivity index (χ1n) is 8.49. The smallest absolute Gasteiger partial charge is 0.321 e. The Bertz CT molecular complexity index is 716. The van der Waals surface area contributed by atoms with Gasteiger partial charge in [-0.25, -0.2) is 4.79 Å². The van der Waals surface area contributed by atoms with Crippen LogP contribution in [-0.4, -0.2) is 48.5 Å². The molecule has 0 radical (unpaired) electrons. The fraction of sp³-hybridized carbons (Fsp3) is 0.500. The van der Waals surface area contributed by atoms with Crippen molar-refractivity contribution in [3.05, 3.63) is 18.2 Å². The van der Waals surface area contributed by atoms with E-state index in [4.69, 9.17) is 14.2 Å². The van der Waals surface area contributed by atoms with E-state index in [9.17, 15) is 14.4 Å². The van der Waals surface area contributed by atoms with Crippen LogP contribution in [0.15, 0.2) is 23.1 Å². The van der Waals surface area contributed by atoms with Crippen molar-refractivity contribution in [3.8, 4) is 11.5 Å². The minimum absolute atomic E-state index is 0.0193. The first-order chi connectivity index (χ1) is 12.6. The summed E-state index contributed by atoms with van der Waals surface area (Å²) in [5, 5.41) is 4.74. The predicted octanol–water partition coefficient (Wildman–Crippen LogP) is 2.11. The highest BCUT2D eigenvalue weighted by Crippen LogP contribution is 2.34. The summed E-state index contributed by atoms with van der Waals surface area (Å²) >= 11 is 1.26. The van der Waals surface area contributed by atoms with Crippen LogP contribution in [0.4, 0.5) is 4.79 Å². The van der Waals surface area contributed by atoms with E-state index in [1.165, 1.54) is 18.7 Å². The number of imide groups is 1. The first kappa shape index (κ1) is 20.9. The number of hydrogen-bond acceptors (Lipinski definition) is 7. The maximum Gasteiger partial charge on any atom is 0.321 e. The molecule has 0 fully saturated rings. The number of thioether (sulfide) groups is 1. The van der Waals surface area contributed by atoms with Gasteiger partial charge in [0.05, 0.1) is 5.75 Å². The van der Waals surface area contributed by atoms with Gasteiger partial charge >= 0.3 is 12.0 Å². The summed E-state index contributed by atoms with van der Waals surface area (Å²) in [4.78, 5) is 36.4. The molecule has 0 unspecified atom stereocenters. The zero-order valence-corrected chi connectivity index (χ0v) is 16.6. The van der Waals surface area contributed by atoms with Crippen LogP contribution in [-0.2, 0) is 14.3 Å². The number of amides is 3. The van der Waals surface area contributed by atoms with E-state index in [2.05, 4.69) is 10.6 Å². The molecular weight excluding hydrogens is 372 g/mol. The van der Waals surface area contributed by atoms with Crippen molar-refractivity contribution in [2.75, 3.05) is 19.0 Å². The Kier molecular flexibility index (Phi) is 6.95. The summed E-state index contributed by atoms with van der Waals surface area (Å²) in [5.41, 5.74) is -0.482. The molecule has 2 N–H and O–H groups in total. The number of ether oxygens (including phenoxy) is 3. The summed E-state index contributed by atoms with van der Waals surface area (Å²) in [6.07, 6.45) is -1.08. The van der Waals surface area contributed by atoms with Crippen LogP contribution in [0.2, 0.25) is 0 Å². The first-order valence-corrected chi connectivity index (χ1v) is 9.47. The molecule has 0 aliphatic carbocycles. The van der Waals surface area contributed by atoms with Gasteiger partial charge in [-0.3, -0.25) is 14.9 Å². The fourth-order valence-corrected chi connectivity index (χ4v) is 2.83. The second-order valence-corrected chi connectivity index (χ2v) is 7.97. The fourth-order valence-electron chi connectivity index (χ4n) is 2.13. The minimum atomic E-state index is -1.08. The lowest BCUT2D eigenvalue weighted by atomic mass is 10.1. The van der Waals surface area contributed by atoms with Gasteiger partial charge in [-0.05, 0) is 45.9 Å². The van der Waals surface area contributed by atoms with Gasteiger partial charge < -0.3 is 19.5 Å². The topological polar surface area (TPSA) is 103 Å². The van der Waals surface area contributed by atoms with Crippen molar-refractivity contribution in [1.29, 1.82) is 0 Å². The summed E-state index contributed by atoms with van der Waals surface area (Å²) in [6, 6.07) is 4.75. The zero-order valence-electron chi connectivity index (χ0n) is 15.8. The molecule has 148 valence electrons. The molecule has 0 saturated heterocycles. The van der Waals surface area contributed by atoms with Gasteiger partial charge in [0.15, 0.2) is 17.6 Å². The third-order valence-electron chi connectivity index (χ3n) is 3.27. The Hall–Kier alpha value is -2.42. The van der Waals surface area contributed by atoms with Crippen LogP contribution in [0.25, 0.3) is 0 Å². The molecule has 3 amide bonds. The zero-order chi connectivity index (χ0) is 20.0. The molecule has 2 rings (SSSR count). The Morgan fingerprint density at radius 3 is 2.52 bits per heavy atom. The molecular formula is C18H24N2O6S. The Morgan fingerprint density at radius 2 is 1.85 bits per heavy atom. The van der Waals surface area contributed by atoms with Gasteiger partial charge in [0.1, 0.15) is 13.2 Å². The number of hydrogen-bond donors (Lipinski definition) is 2. The molecule has 9 heteroatoms. The number of urea groups is 1. The third-order valence-corrected chi connectivity index (χ3v) is 4.24.